The van der Waals surface area contributed by atoms with Gasteiger partial charge in [0.25, 0.3) is 0 Å². The number of rotatable bonds is 3. The van der Waals surface area contributed by atoms with E-state index >= 15 is 0 Å². The van der Waals surface area contributed by atoms with E-state index in [0.29, 0.717) is 12.6 Å². The van der Waals surface area contributed by atoms with Crippen LogP contribution in [-0.2, 0) is 0 Å². The molecule has 1 aliphatic carbocycles. The Bertz CT molecular complexity index is 256. The molecule has 2 aliphatic rings. The number of carbonyl (C=O) groups is 1. The van der Waals surface area contributed by atoms with E-state index in [4.69, 9.17) is 5.73 Å². The van der Waals surface area contributed by atoms with Crippen molar-refractivity contribution in [3.05, 3.63) is 0 Å². The maximum atomic E-state index is 12.6. The number of hydrogen-bond donors (Lipinski definition) is 1. The lowest BCUT2D eigenvalue weighted by atomic mass is 10.2. The smallest absolute Gasteiger partial charge is 0.320 e. The van der Waals surface area contributed by atoms with Gasteiger partial charge in [0.05, 0.1) is 0 Å². The van der Waals surface area contributed by atoms with Gasteiger partial charge in [0.1, 0.15) is 0 Å². The van der Waals surface area contributed by atoms with Gasteiger partial charge in [-0.05, 0) is 25.7 Å². The molecule has 2 N–H and O–H groups in total. The van der Waals surface area contributed by atoms with Gasteiger partial charge in [-0.25, -0.2) is 4.79 Å². The Balaban J connectivity index is 1.96. The third-order valence-corrected chi connectivity index (χ3v) is 4.26. The summed E-state index contributed by atoms with van der Waals surface area (Å²) >= 11 is 0. The summed E-state index contributed by atoms with van der Waals surface area (Å²) in [6.07, 6.45) is 9.71. The van der Waals surface area contributed by atoms with Crippen molar-refractivity contribution in [2.45, 2.75) is 57.4 Å². The van der Waals surface area contributed by atoms with Gasteiger partial charge >= 0.3 is 6.03 Å². The van der Waals surface area contributed by atoms with Crippen molar-refractivity contribution in [1.29, 1.82) is 0 Å². The van der Waals surface area contributed by atoms with Crippen LogP contribution >= 0.6 is 0 Å². The average Bonchev–Trinajstić information content (AvgIpc) is 2.77. The molecule has 1 saturated heterocycles. The molecule has 0 aromatic carbocycles. The normalized spacial score (nSPS) is 21.9. The number of nitrogens with two attached hydrogens (primary N) is 1. The Kier molecular flexibility index (Phi) is 5.29. The molecule has 0 aromatic rings. The molecule has 2 amide bonds. The summed E-state index contributed by atoms with van der Waals surface area (Å²) in [5.74, 6) is 0. The molecule has 0 bridgehead atoms. The van der Waals surface area contributed by atoms with Gasteiger partial charge in [0.15, 0.2) is 0 Å². The van der Waals surface area contributed by atoms with E-state index in [-0.39, 0.29) is 6.03 Å². The number of carbonyl (C=O) groups excluding carboxylic acids is 1. The molecule has 104 valence electrons. The summed E-state index contributed by atoms with van der Waals surface area (Å²) in [6.45, 7) is 3.18. The molecule has 1 aliphatic heterocycles. The van der Waals surface area contributed by atoms with E-state index in [9.17, 15) is 4.79 Å². The lowest BCUT2D eigenvalue weighted by molar-refractivity contribution is 0.136. The molecule has 0 radical (unpaired) electrons. The first-order chi connectivity index (χ1) is 8.83. The van der Waals surface area contributed by atoms with Crippen LogP contribution < -0.4 is 5.73 Å². The largest absolute Gasteiger partial charge is 0.329 e. The number of hydrogen-bond acceptors (Lipinski definition) is 2. The maximum absolute atomic E-state index is 12.6. The Morgan fingerprint density at radius 2 is 1.67 bits per heavy atom. The van der Waals surface area contributed by atoms with Crippen molar-refractivity contribution in [2.75, 3.05) is 26.2 Å². The summed E-state index contributed by atoms with van der Waals surface area (Å²) in [6, 6.07) is 0.693. The standard InChI is InChI=1S/C14H27N3O/c15-9-12-17(13-7-3-4-8-13)14(18)16-10-5-1-2-6-11-16/h13H,1-12,15H2. The molecular formula is C14H27N3O. The van der Waals surface area contributed by atoms with Gasteiger partial charge in [0.2, 0.25) is 0 Å². The number of urea groups is 1. The molecular weight excluding hydrogens is 226 g/mol. The van der Waals surface area contributed by atoms with Crippen LogP contribution in [0.5, 0.6) is 0 Å². The zero-order valence-corrected chi connectivity index (χ0v) is 11.4. The molecule has 4 nitrogen and oxygen atoms in total. The van der Waals surface area contributed by atoms with Gasteiger partial charge in [-0.15, -0.1) is 0 Å². The minimum absolute atomic E-state index is 0.245. The fourth-order valence-electron chi connectivity index (χ4n) is 3.23. The SMILES string of the molecule is NCCN(C(=O)N1CCCCCC1)C1CCCC1. The quantitative estimate of drug-likeness (QED) is 0.838. The lowest BCUT2D eigenvalue weighted by Crippen LogP contribution is -2.49. The van der Waals surface area contributed by atoms with Crippen LogP contribution in [0.25, 0.3) is 0 Å². The van der Waals surface area contributed by atoms with Crippen molar-refractivity contribution in [2.24, 2.45) is 5.73 Å². The van der Waals surface area contributed by atoms with Crippen molar-refractivity contribution in [3.8, 4) is 0 Å². The highest BCUT2D eigenvalue weighted by molar-refractivity contribution is 5.75. The molecule has 4 heteroatoms. The predicted octanol–water partition coefficient (Wildman–Crippen LogP) is 2.19. The molecule has 1 heterocycles. The monoisotopic (exact) mass is 253 g/mol. The highest BCUT2D eigenvalue weighted by atomic mass is 16.2. The third kappa shape index (κ3) is 3.37. The van der Waals surface area contributed by atoms with Crippen molar-refractivity contribution in [1.82, 2.24) is 9.80 Å². The molecule has 0 atom stereocenters. The molecule has 1 saturated carbocycles. The Morgan fingerprint density at radius 3 is 2.22 bits per heavy atom. The summed E-state index contributed by atoms with van der Waals surface area (Å²) in [5.41, 5.74) is 5.68. The first-order valence-electron chi connectivity index (χ1n) is 7.58. The first kappa shape index (κ1) is 13.7. The summed E-state index contributed by atoms with van der Waals surface area (Å²) < 4.78 is 0. The highest BCUT2D eigenvalue weighted by Crippen LogP contribution is 2.24. The summed E-state index contributed by atoms with van der Waals surface area (Å²) in [7, 11) is 0. The molecule has 2 fully saturated rings. The Hall–Kier alpha value is -0.770. The van der Waals surface area contributed by atoms with E-state index in [1.165, 1.54) is 38.5 Å². The third-order valence-electron chi connectivity index (χ3n) is 4.26. The van der Waals surface area contributed by atoms with Gasteiger partial charge in [-0.3, -0.25) is 0 Å². The van der Waals surface area contributed by atoms with Crippen molar-refractivity contribution >= 4 is 6.03 Å². The molecule has 2 rings (SSSR count). The summed E-state index contributed by atoms with van der Waals surface area (Å²) in [4.78, 5) is 16.7. The van der Waals surface area contributed by atoms with E-state index in [2.05, 4.69) is 9.80 Å². The van der Waals surface area contributed by atoms with Gasteiger partial charge in [-0.1, -0.05) is 25.7 Å². The van der Waals surface area contributed by atoms with E-state index in [0.717, 1.165) is 32.5 Å². The molecule has 0 aromatic heterocycles. The molecule has 0 unspecified atom stereocenters. The minimum Gasteiger partial charge on any atom is -0.329 e. The van der Waals surface area contributed by atoms with Crippen molar-refractivity contribution in [3.63, 3.8) is 0 Å². The fourth-order valence-corrected chi connectivity index (χ4v) is 3.23. The maximum Gasteiger partial charge on any atom is 0.320 e. The Morgan fingerprint density at radius 1 is 1.06 bits per heavy atom. The van der Waals surface area contributed by atoms with Crippen molar-refractivity contribution < 1.29 is 4.79 Å². The van der Waals surface area contributed by atoms with E-state index < -0.39 is 0 Å². The number of likely N-dealkylation sites (tertiary alicyclic amines) is 1. The molecule has 18 heavy (non-hydrogen) atoms. The van der Waals surface area contributed by atoms with Gasteiger partial charge in [-0.2, -0.15) is 0 Å². The van der Waals surface area contributed by atoms with Gasteiger partial charge in [0, 0.05) is 32.2 Å². The van der Waals surface area contributed by atoms with Crippen LogP contribution in [0.15, 0.2) is 0 Å². The second kappa shape index (κ2) is 6.98. The zero-order chi connectivity index (χ0) is 12.8. The zero-order valence-electron chi connectivity index (χ0n) is 11.4. The minimum atomic E-state index is 0.245. The van der Waals surface area contributed by atoms with Crippen LogP contribution in [0.1, 0.15) is 51.4 Å². The summed E-state index contributed by atoms with van der Waals surface area (Å²) in [5, 5.41) is 0. The van der Waals surface area contributed by atoms with Crippen LogP contribution in [0.3, 0.4) is 0 Å². The lowest BCUT2D eigenvalue weighted by Gasteiger charge is -2.34. The average molecular weight is 253 g/mol. The van der Waals surface area contributed by atoms with E-state index in [1.807, 2.05) is 0 Å². The topological polar surface area (TPSA) is 49.6 Å². The van der Waals surface area contributed by atoms with Crippen LogP contribution in [-0.4, -0.2) is 48.1 Å². The second-order valence-corrected chi connectivity index (χ2v) is 5.60. The van der Waals surface area contributed by atoms with Gasteiger partial charge < -0.3 is 15.5 Å². The number of nitrogens with zero attached hydrogens (tertiary/aromatic N) is 2. The van der Waals surface area contributed by atoms with Crippen LogP contribution in [0.2, 0.25) is 0 Å². The van der Waals surface area contributed by atoms with Crippen LogP contribution in [0.4, 0.5) is 4.79 Å². The Labute approximate surface area is 110 Å². The second-order valence-electron chi connectivity index (χ2n) is 5.60. The molecule has 0 spiro atoms. The predicted molar refractivity (Wildman–Crippen MR) is 73.5 cm³/mol. The highest BCUT2D eigenvalue weighted by Gasteiger charge is 2.29. The van der Waals surface area contributed by atoms with E-state index in [1.54, 1.807) is 0 Å². The van der Waals surface area contributed by atoms with Crippen LogP contribution in [0, 0.1) is 0 Å². The fraction of sp³-hybridized carbons (Fsp3) is 0.929. The number of amides is 2. The first-order valence-corrected chi connectivity index (χ1v) is 7.58.